The van der Waals surface area contributed by atoms with Gasteiger partial charge in [-0.25, -0.2) is 4.98 Å². The molecule has 7 nitrogen and oxygen atoms in total. The van der Waals surface area contributed by atoms with Crippen molar-refractivity contribution < 1.29 is 4.52 Å². The number of aliphatic imine (C=N–C) groups is 1. The molecular weight excluding hydrogens is 467 g/mol. The van der Waals surface area contributed by atoms with Crippen molar-refractivity contribution in [1.82, 2.24) is 25.3 Å². The Kier molecular flexibility index (Phi) is 8.04. The summed E-state index contributed by atoms with van der Waals surface area (Å²) >= 11 is 0. The molecule has 0 saturated heterocycles. The Labute approximate surface area is 182 Å². The van der Waals surface area contributed by atoms with E-state index in [9.17, 15) is 0 Å². The number of hydrogen-bond acceptors (Lipinski definition) is 4. The Balaban J connectivity index is 0.00000280. The fourth-order valence-corrected chi connectivity index (χ4v) is 3.05. The number of nitrogens with zero attached hydrogens (tertiary/aromatic N) is 4. The number of H-pyrrole nitrogens is 1. The van der Waals surface area contributed by atoms with E-state index in [-0.39, 0.29) is 24.0 Å². The predicted octanol–water partition coefficient (Wildman–Crippen LogP) is 3.55. The maximum atomic E-state index is 5.21. The summed E-state index contributed by atoms with van der Waals surface area (Å²) in [5.41, 5.74) is 4.24. The van der Waals surface area contributed by atoms with Gasteiger partial charge in [0.25, 0.3) is 0 Å². The van der Waals surface area contributed by atoms with Crippen LogP contribution in [0.4, 0.5) is 0 Å². The third-order valence-corrected chi connectivity index (χ3v) is 4.51. The van der Waals surface area contributed by atoms with Crippen LogP contribution in [0, 0.1) is 13.8 Å². The lowest BCUT2D eigenvalue weighted by Crippen LogP contribution is -2.39. The van der Waals surface area contributed by atoms with Crippen LogP contribution in [0.25, 0.3) is 11.3 Å². The van der Waals surface area contributed by atoms with Crippen molar-refractivity contribution >= 4 is 29.9 Å². The molecule has 3 aromatic rings. The van der Waals surface area contributed by atoms with Crippen molar-refractivity contribution in [2.24, 2.45) is 4.99 Å². The number of nitrogens with one attached hydrogen (secondary N) is 2. The molecule has 2 aromatic heterocycles. The number of hydrogen-bond donors (Lipinski definition) is 2. The van der Waals surface area contributed by atoms with Crippen LogP contribution in [0.5, 0.6) is 0 Å². The molecule has 2 heterocycles. The highest BCUT2D eigenvalue weighted by molar-refractivity contribution is 14.0. The lowest BCUT2D eigenvalue weighted by Gasteiger charge is -2.21. The number of benzene rings is 1. The third kappa shape index (κ3) is 5.34. The minimum absolute atomic E-state index is 0. The van der Waals surface area contributed by atoms with Gasteiger partial charge in [-0.3, -0.25) is 4.99 Å². The normalized spacial score (nSPS) is 11.2. The first kappa shape index (κ1) is 21.9. The maximum absolute atomic E-state index is 5.21. The zero-order valence-corrected chi connectivity index (χ0v) is 19.0. The Morgan fingerprint density at radius 3 is 2.64 bits per heavy atom. The quantitative estimate of drug-likeness (QED) is 0.311. The lowest BCUT2D eigenvalue weighted by molar-refractivity contribution is 0.392. The summed E-state index contributed by atoms with van der Waals surface area (Å²) in [6, 6.07) is 10.2. The fraction of sp³-hybridized carbons (Fsp3) is 0.350. The van der Waals surface area contributed by atoms with E-state index in [0.29, 0.717) is 6.54 Å². The van der Waals surface area contributed by atoms with Crippen LogP contribution >= 0.6 is 24.0 Å². The van der Waals surface area contributed by atoms with Crippen LogP contribution in [0.15, 0.2) is 46.0 Å². The Hall–Kier alpha value is -2.36. The molecule has 0 bridgehead atoms. The number of aromatic nitrogens is 3. The Bertz CT molecular complexity index is 883. The van der Waals surface area contributed by atoms with Crippen molar-refractivity contribution in [1.29, 1.82) is 0 Å². The van der Waals surface area contributed by atoms with Crippen LogP contribution < -0.4 is 5.32 Å². The topological polar surface area (TPSA) is 82.3 Å². The molecule has 0 unspecified atom stereocenters. The van der Waals surface area contributed by atoms with Crippen molar-refractivity contribution in [2.75, 3.05) is 20.6 Å². The maximum Gasteiger partial charge on any atom is 0.193 e. The van der Waals surface area contributed by atoms with E-state index >= 15 is 0 Å². The van der Waals surface area contributed by atoms with Crippen molar-refractivity contribution in [3.63, 3.8) is 0 Å². The number of rotatable bonds is 6. The van der Waals surface area contributed by atoms with Gasteiger partial charge < -0.3 is 19.7 Å². The Morgan fingerprint density at radius 2 is 2.00 bits per heavy atom. The van der Waals surface area contributed by atoms with Crippen LogP contribution in [-0.4, -0.2) is 46.6 Å². The van der Waals surface area contributed by atoms with Crippen molar-refractivity contribution in [3.8, 4) is 11.3 Å². The molecule has 0 aliphatic carbocycles. The molecule has 0 spiro atoms. The van der Waals surface area contributed by atoms with Gasteiger partial charge in [-0.05, 0) is 25.8 Å². The van der Waals surface area contributed by atoms with Gasteiger partial charge in [0.1, 0.15) is 11.6 Å². The van der Waals surface area contributed by atoms with E-state index in [1.165, 1.54) is 0 Å². The van der Waals surface area contributed by atoms with E-state index < -0.39 is 0 Å². The first-order chi connectivity index (χ1) is 13.1. The van der Waals surface area contributed by atoms with Gasteiger partial charge in [-0.2, -0.15) is 0 Å². The first-order valence-corrected chi connectivity index (χ1v) is 9.01. The summed E-state index contributed by atoms with van der Waals surface area (Å²) < 4.78 is 5.21. The van der Waals surface area contributed by atoms with E-state index in [1.807, 2.05) is 50.2 Å². The van der Waals surface area contributed by atoms with Crippen LogP contribution in [0.2, 0.25) is 0 Å². The molecule has 0 radical (unpaired) electrons. The number of aryl methyl sites for hydroxylation is 2. The summed E-state index contributed by atoms with van der Waals surface area (Å²) in [6.07, 6.45) is 2.71. The van der Waals surface area contributed by atoms with Gasteiger partial charge in [0.2, 0.25) is 0 Å². The number of guanidine groups is 1. The highest BCUT2D eigenvalue weighted by Gasteiger charge is 2.12. The summed E-state index contributed by atoms with van der Waals surface area (Å²) in [6.45, 7) is 5.30. The number of halogens is 1. The first-order valence-electron chi connectivity index (χ1n) is 9.01. The minimum atomic E-state index is 0. The molecule has 2 N–H and O–H groups in total. The second-order valence-corrected chi connectivity index (χ2v) is 6.49. The van der Waals surface area contributed by atoms with Gasteiger partial charge in [0.05, 0.1) is 24.1 Å². The van der Waals surface area contributed by atoms with Gasteiger partial charge in [0, 0.05) is 26.2 Å². The molecule has 150 valence electrons. The SMILES string of the molecule is CN=C(NCCc1c(C)noc1C)N(C)Cc1ncc(-c2ccccc2)[nH]1.I. The van der Waals surface area contributed by atoms with Crippen molar-refractivity contribution in [3.05, 3.63) is 59.4 Å². The van der Waals surface area contributed by atoms with Crippen LogP contribution in [-0.2, 0) is 13.0 Å². The Morgan fingerprint density at radius 1 is 1.25 bits per heavy atom. The zero-order chi connectivity index (χ0) is 19.2. The van der Waals surface area contributed by atoms with E-state index in [4.69, 9.17) is 4.52 Å². The predicted molar refractivity (Wildman–Crippen MR) is 122 cm³/mol. The van der Waals surface area contributed by atoms with Crippen molar-refractivity contribution in [2.45, 2.75) is 26.8 Å². The summed E-state index contributed by atoms with van der Waals surface area (Å²) in [5, 5.41) is 7.38. The summed E-state index contributed by atoms with van der Waals surface area (Å²) in [5.74, 6) is 2.59. The summed E-state index contributed by atoms with van der Waals surface area (Å²) in [7, 11) is 3.78. The molecule has 28 heavy (non-hydrogen) atoms. The molecule has 0 atom stereocenters. The van der Waals surface area contributed by atoms with Gasteiger partial charge in [-0.1, -0.05) is 35.5 Å². The third-order valence-electron chi connectivity index (χ3n) is 4.51. The highest BCUT2D eigenvalue weighted by atomic mass is 127. The minimum Gasteiger partial charge on any atom is -0.361 e. The second kappa shape index (κ2) is 10.3. The number of aromatic amines is 1. The molecular formula is C20H27IN6O. The monoisotopic (exact) mass is 494 g/mol. The molecule has 0 aliphatic heterocycles. The smallest absolute Gasteiger partial charge is 0.193 e. The molecule has 0 aliphatic rings. The lowest BCUT2D eigenvalue weighted by atomic mass is 10.1. The largest absolute Gasteiger partial charge is 0.361 e. The molecule has 0 fully saturated rings. The molecule has 8 heteroatoms. The second-order valence-electron chi connectivity index (χ2n) is 6.49. The molecule has 0 amide bonds. The van der Waals surface area contributed by atoms with Crippen LogP contribution in [0.3, 0.4) is 0 Å². The highest BCUT2D eigenvalue weighted by Crippen LogP contribution is 2.16. The zero-order valence-electron chi connectivity index (χ0n) is 16.7. The van der Waals surface area contributed by atoms with E-state index in [2.05, 4.69) is 37.6 Å². The average molecular weight is 494 g/mol. The standard InChI is InChI=1S/C20H26N6O.HI/c1-14-17(15(2)27-25-14)10-11-22-20(21-3)26(4)13-19-23-12-18(24-19)16-8-6-5-7-9-16;/h5-9,12H,10-11,13H2,1-4H3,(H,21,22)(H,23,24);1H. The van der Waals surface area contributed by atoms with E-state index in [0.717, 1.165) is 53.0 Å². The van der Waals surface area contributed by atoms with Gasteiger partial charge >= 0.3 is 0 Å². The van der Waals surface area contributed by atoms with Crippen LogP contribution in [0.1, 0.15) is 22.8 Å². The number of imidazole rings is 1. The average Bonchev–Trinajstić information content (AvgIpc) is 3.27. The molecule has 3 rings (SSSR count). The van der Waals surface area contributed by atoms with E-state index in [1.54, 1.807) is 7.05 Å². The van der Waals surface area contributed by atoms with Gasteiger partial charge in [0.15, 0.2) is 5.96 Å². The summed E-state index contributed by atoms with van der Waals surface area (Å²) in [4.78, 5) is 14.3. The fourth-order valence-electron chi connectivity index (χ4n) is 3.05. The molecule has 1 aromatic carbocycles. The molecule has 0 saturated carbocycles. The van der Waals surface area contributed by atoms with Gasteiger partial charge in [-0.15, -0.1) is 24.0 Å².